The molecule has 3 heteroatoms. The highest BCUT2D eigenvalue weighted by atomic mass is 16.3. The van der Waals surface area contributed by atoms with Crippen molar-refractivity contribution in [3.63, 3.8) is 0 Å². The summed E-state index contributed by atoms with van der Waals surface area (Å²) in [6.07, 6.45) is -0.866. The first kappa shape index (κ1) is 16.0. The van der Waals surface area contributed by atoms with Crippen LogP contribution in [0.4, 0.5) is 0 Å². The molecule has 3 atom stereocenters. The Balaban J connectivity index is 2.42. The van der Waals surface area contributed by atoms with Crippen LogP contribution in [0.2, 0.25) is 0 Å². The molecule has 0 bridgehead atoms. The van der Waals surface area contributed by atoms with Gasteiger partial charge in [-0.2, -0.15) is 0 Å². The summed E-state index contributed by atoms with van der Waals surface area (Å²) in [6, 6.07) is 9.45. The number of benzene rings is 1. The van der Waals surface area contributed by atoms with Gasteiger partial charge in [0.15, 0.2) is 0 Å². The van der Waals surface area contributed by atoms with Crippen LogP contribution in [0.3, 0.4) is 0 Å². The van der Waals surface area contributed by atoms with Crippen molar-refractivity contribution in [2.45, 2.75) is 31.2 Å². The van der Waals surface area contributed by atoms with Gasteiger partial charge in [0, 0.05) is 12.8 Å². The fourth-order valence-electron chi connectivity index (χ4n) is 1.50. The molecule has 1 rings (SSSR count). The Morgan fingerprint density at radius 2 is 1.75 bits per heavy atom. The molecule has 0 amide bonds. The Labute approximate surface area is 119 Å². The van der Waals surface area contributed by atoms with Crippen LogP contribution in [0.5, 0.6) is 0 Å². The highest BCUT2D eigenvalue weighted by molar-refractivity contribution is 5.28. The van der Waals surface area contributed by atoms with Gasteiger partial charge >= 0.3 is 0 Å². The summed E-state index contributed by atoms with van der Waals surface area (Å²) in [6.45, 7) is 3.38. The Morgan fingerprint density at radius 1 is 1.05 bits per heavy atom. The number of aliphatic hydroxyl groups is 3. The quantitative estimate of drug-likeness (QED) is 0.550. The lowest BCUT2D eigenvalue weighted by Crippen LogP contribution is -2.27. The first-order valence-corrected chi connectivity index (χ1v) is 6.32. The molecule has 0 saturated heterocycles. The number of aliphatic hydroxyl groups excluding tert-OH is 3. The summed E-state index contributed by atoms with van der Waals surface area (Å²) < 4.78 is 0. The molecule has 0 aliphatic carbocycles. The van der Waals surface area contributed by atoms with Gasteiger partial charge in [0.1, 0.15) is 6.10 Å². The lowest BCUT2D eigenvalue weighted by Gasteiger charge is -2.15. The maximum absolute atomic E-state index is 9.85. The molecule has 1 aromatic rings. The van der Waals surface area contributed by atoms with Gasteiger partial charge in [0.25, 0.3) is 0 Å². The smallest absolute Gasteiger partial charge is 0.134 e. The third-order valence-electron chi connectivity index (χ3n) is 2.64. The van der Waals surface area contributed by atoms with Crippen molar-refractivity contribution < 1.29 is 15.3 Å². The molecule has 3 N–H and O–H groups in total. The Hall–Kier alpha value is -2.04. The Bertz CT molecular complexity index is 528. The van der Waals surface area contributed by atoms with Crippen LogP contribution in [0.25, 0.3) is 0 Å². The minimum Gasteiger partial charge on any atom is -0.390 e. The van der Waals surface area contributed by atoms with Crippen molar-refractivity contribution >= 4 is 0 Å². The standard InChI is InChI=1S/C17H18O3/c1-2-15(18)11-7-4-8-12-16(19)17(20)13-14-9-5-3-6-10-14/h2-3,5-6,9-10,15-20H,1,12-13H2/t15-,16+,17+/m0/s1. The van der Waals surface area contributed by atoms with Gasteiger partial charge in [-0.25, -0.2) is 0 Å². The van der Waals surface area contributed by atoms with E-state index >= 15 is 0 Å². The lowest BCUT2D eigenvalue weighted by atomic mass is 10.0. The van der Waals surface area contributed by atoms with Gasteiger partial charge in [-0.15, -0.1) is 0 Å². The molecular weight excluding hydrogens is 252 g/mol. The molecule has 1 aromatic carbocycles. The molecule has 0 saturated carbocycles. The van der Waals surface area contributed by atoms with Gasteiger partial charge in [-0.3, -0.25) is 0 Å². The maximum Gasteiger partial charge on any atom is 0.134 e. The van der Waals surface area contributed by atoms with E-state index < -0.39 is 18.3 Å². The second-order valence-corrected chi connectivity index (χ2v) is 4.28. The molecule has 0 spiro atoms. The van der Waals surface area contributed by atoms with Gasteiger partial charge in [0.2, 0.25) is 0 Å². The minimum absolute atomic E-state index is 0.132. The van der Waals surface area contributed by atoms with Crippen molar-refractivity contribution in [3.05, 3.63) is 48.6 Å². The predicted octanol–water partition coefficient (Wildman–Crippen LogP) is 0.895. The molecule has 0 aliphatic heterocycles. The topological polar surface area (TPSA) is 60.7 Å². The van der Waals surface area contributed by atoms with Gasteiger partial charge < -0.3 is 15.3 Å². The van der Waals surface area contributed by atoms with Crippen LogP contribution in [0.15, 0.2) is 43.0 Å². The first-order valence-electron chi connectivity index (χ1n) is 6.32. The molecule has 0 fully saturated rings. The van der Waals surface area contributed by atoms with Crippen molar-refractivity contribution in [3.8, 4) is 23.7 Å². The third-order valence-corrected chi connectivity index (χ3v) is 2.64. The average molecular weight is 270 g/mol. The Kier molecular flexibility index (Phi) is 7.17. The average Bonchev–Trinajstić information content (AvgIpc) is 2.47. The minimum atomic E-state index is -0.922. The monoisotopic (exact) mass is 270 g/mol. The van der Waals surface area contributed by atoms with Crippen molar-refractivity contribution in [2.75, 3.05) is 0 Å². The van der Waals surface area contributed by atoms with Crippen LogP contribution < -0.4 is 0 Å². The second kappa shape index (κ2) is 8.96. The maximum atomic E-state index is 9.85. The Morgan fingerprint density at radius 3 is 2.40 bits per heavy atom. The second-order valence-electron chi connectivity index (χ2n) is 4.28. The van der Waals surface area contributed by atoms with E-state index in [1.165, 1.54) is 6.08 Å². The van der Waals surface area contributed by atoms with Crippen LogP contribution in [-0.2, 0) is 6.42 Å². The van der Waals surface area contributed by atoms with E-state index in [9.17, 15) is 10.2 Å². The van der Waals surface area contributed by atoms with Crippen LogP contribution >= 0.6 is 0 Å². The van der Waals surface area contributed by atoms with E-state index in [0.29, 0.717) is 6.42 Å². The van der Waals surface area contributed by atoms with Crippen molar-refractivity contribution in [1.29, 1.82) is 0 Å². The number of hydrogen-bond acceptors (Lipinski definition) is 3. The SMILES string of the molecule is C=C[C@H](O)C#CC#CC[C@@H](O)[C@H](O)Cc1ccccc1. The van der Waals surface area contributed by atoms with E-state index in [1.54, 1.807) is 0 Å². The third kappa shape index (κ3) is 6.22. The summed E-state index contributed by atoms with van der Waals surface area (Å²) in [7, 11) is 0. The molecule has 104 valence electrons. The molecule has 3 nitrogen and oxygen atoms in total. The largest absolute Gasteiger partial charge is 0.390 e. The molecule has 0 aliphatic rings. The molecule has 0 unspecified atom stereocenters. The fourth-order valence-corrected chi connectivity index (χ4v) is 1.50. The van der Waals surface area contributed by atoms with E-state index in [0.717, 1.165) is 5.56 Å². The predicted molar refractivity (Wildman–Crippen MR) is 78.5 cm³/mol. The summed E-state index contributed by atoms with van der Waals surface area (Å²) >= 11 is 0. The van der Waals surface area contributed by atoms with Crippen LogP contribution in [0, 0.1) is 23.7 Å². The summed E-state index contributed by atoms with van der Waals surface area (Å²) in [5, 5.41) is 28.7. The number of hydrogen-bond donors (Lipinski definition) is 3. The van der Waals surface area contributed by atoms with E-state index in [1.807, 2.05) is 30.3 Å². The molecule has 0 aromatic heterocycles. The summed E-state index contributed by atoms with van der Waals surface area (Å²) in [5.74, 6) is 10.1. The highest BCUT2D eigenvalue weighted by Crippen LogP contribution is 2.07. The lowest BCUT2D eigenvalue weighted by molar-refractivity contribution is 0.0235. The first-order chi connectivity index (χ1) is 9.63. The van der Waals surface area contributed by atoms with Crippen molar-refractivity contribution in [2.24, 2.45) is 0 Å². The zero-order valence-corrected chi connectivity index (χ0v) is 11.2. The van der Waals surface area contributed by atoms with E-state index in [2.05, 4.69) is 30.3 Å². The van der Waals surface area contributed by atoms with Crippen LogP contribution in [0.1, 0.15) is 12.0 Å². The van der Waals surface area contributed by atoms with Gasteiger partial charge in [-0.05, 0) is 17.4 Å². The summed E-state index contributed by atoms with van der Waals surface area (Å²) in [5.41, 5.74) is 0.959. The van der Waals surface area contributed by atoms with Gasteiger partial charge in [0.05, 0.1) is 12.2 Å². The number of rotatable bonds is 5. The van der Waals surface area contributed by atoms with Crippen molar-refractivity contribution in [1.82, 2.24) is 0 Å². The molecule has 20 heavy (non-hydrogen) atoms. The van der Waals surface area contributed by atoms with E-state index in [4.69, 9.17) is 5.11 Å². The zero-order valence-electron chi connectivity index (χ0n) is 11.2. The van der Waals surface area contributed by atoms with E-state index in [-0.39, 0.29) is 6.42 Å². The zero-order chi connectivity index (χ0) is 14.8. The van der Waals surface area contributed by atoms with Crippen LogP contribution in [-0.4, -0.2) is 33.6 Å². The van der Waals surface area contributed by atoms with Gasteiger partial charge in [-0.1, -0.05) is 54.8 Å². The fraction of sp³-hybridized carbons (Fsp3) is 0.294. The molecule has 0 heterocycles. The highest BCUT2D eigenvalue weighted by Gasteiger charge is 2.15. The molecular formula is C17H18O3. The summed E-state index contributed by atoms with van der Waals surface area (Å²) in [4.78, 5) is 0. The molecule has 0 radical (unpaired) electrons. The normalized spacial score (nSPS) is 13.9.